The van der Waals surface area contributed by atoms with Gasteiger partial charge in [0.2, 0.25) is 0 Å². The lowest BCUT2D eigenvalue weighted by atomic mass is 10.4. The number of aromatic nitrogens is 2. The summed E-state index contributed by atoms with van der Waals surface area (Å²) in [6.07, 6.45) is 1.39. The van der Waals surface area contributed by atoms with E-state index in [-0.39, 0.29) is 12.1 Å². The van der Waals surface area contributed by atoms with Gasteiger partial charge in [-0.25, -0.2) is 9.37 Å². The van der Waals surface area contributed by atoms with Crippen LogP contribution in [0.25, 0.3) is 10.2 Å². The number of nitrogens with zero attached hydrogens (tertiary/aromatic N) is 2. The molecule has 0 spiro atoms. The Labute approximate surface area is 77.5 Å². The number of aryl methyl sites for hydroxylation is 1. The molecule has 13 heavy (non-hydrogen) atoms. The molecule has 0 aliphatic rings. The molecule has 0 radical (unpaired) electrons. The molecule has 2 rings (SSSR count). The van der Waals surface area contributed by atoms with E-state index >= 15 is 0 Å². The second-order valence-electron chi connectivity index (χ2n) is 2.57. The fourth-order valence-corrected chi connectivity index (χ4v) is 1.92. The van der Waals surface area contributed by atoms with Gasteiger partial charge in [-0.15, -0.1) is 11.3 Å². The van der Waals surface area contributed by atoms with Gasteiger partial charge in [0, 0.05) is 0 Å². The molecule has 0 fully saturated rings. The molecule has 68 valence electrons. The van der Waals surface area contributed by atoms with E-state index in [9.17, 15) is 9.18 Å². The Balaban J connectivity index is 2.67. The average Bonchev–Trinajstić information content (AvgIpc) is 2.58. The number of hydrogen-bond donors (Lipinski definition) is 0. The Morgan fingerprint density at radius 2 is 2.46 bits per heavy atom. The second-order valence-corrected chi connectivity index (χ2v) is 3.48. The van der Waals surface area contributed by atoms with Crippen molar-refractivity contribution in [3.8, 4) is 0 Å². The van der Waals surface area contributed by atoms with Crippen molar-refractivity contribution >= 4 is 21.6 Å². The van der Waals surface area contributed by atoms with Crippen molar-refractivity contribution in [2.45, 2.75) is 6.54 Å². The number of alkyl halides is 1. The molecule has 2 heterocycles. The molecule has 0 bridgehead atoms. The molecule has 2 aromatic heterocycles. The Morgan fingerprint density at radius 1 is 1.62 bits per heavy atom. The number of fused-ring (bicyclic) bond motifs is 1. The van der Waals surface area contributed by atoms with Gasteiger partial charge in [0.1, 0.15) is 11.4 Å². The maximum absolute atomic E-state index is 12.0. The van der Waals surface area contributed by atoms with E-state index in [1.165, 1.54) is 22.2 Å². The third kappa shape index (κ3) is 1.35. The smallest absolute Gasteiger partial charge is 0.271 e. The third-order valence-corrected chi connectivity index (χ3v) is 2.65. The van der Waals surface area contributed by atoms with Gasteiger partial charge in [0.15, 0.2) is 0 Å². The standard InChI is InChI=1S/C8H7FN2OS/c9-2-3-11-5-10-6-1-4-13-7(6)8(11)12/h1,4-5H,2-3H2. The minimum Gasteiger partial charge on any atom is -0.295 e. The first kappa shape index (κ1) is 8.37. The summed E-state index contributed by atoms with van der Waals surface area (Å²) in [6, 6.07) is 1.78. The summed E-state index contributed by atoms with van der Waals surface area (Å²) >= 11 is 1.34. The average molecular weight is 198 g/mol. The summed E-state index contributed by atoms with van der Waals surface area (Å²) in [4.78, 5) is 15.6. The van der Waals surface area contributed by atoms with E-state index in [1.54, 1.807) is 11.4 Å². The molecule has 3 nitrogen and oxygen atoms in total. The minimum atomic E-state index is -0.543. The lowest BCUT2D eigenvalue weighted by Gasteiger charge is -1.99. The fraction of sp³-hybridized carbons (Fsp3) is 0.250. The third-order valence-electron chi connectivity index (χ3n) is 1.76. The van der Waals surface area contributed by atoms with E-state index in [0.29, 0.717) is 10.2 Å². The normalized spacial score (nSPS) is 10.8. The molecular formula is C8H7FN2OS. The van der Waals surface area contributed by atoms with Crippen LogP contribution >= 0.6 is 11.3 Å². The van der Waals surface area contributed by atoms with Crippen molar-refractivity contribution in [3.05, 3.63) is 28.1 Å². The first-order valence-corrected chi connectivity index (χ1v) is 4.69. The minimum absolute atomic E-state index is 0.0830. The van der Waals surface area contributed by atoms with Crippen LogP contribution in [0.4, 0.5) is 4.39 Å². The van der Waals surface area contributed by atoms with Crippen molar-refractivity contribution in [3.63, 3.8) is 0 Å². The highest BCUT2D eigenvalue weighted by Gasteiger charge is 2.03. The fourth-order valence-electron chi connectivity index (χ4n) is 1.13. The topological polar surface area (TPSA) is 34.9 Å². The molecule has 0 N–H and O–H groups in total. The van der Waals surface area contributed by atoms with Crippen LogP contribution < -0.4 is 5.56 Å². The van der Waals surface area contributed by atoms with Crippen LogP contribution in [-0.2, 0) is 6.54 Å². The monoisotopic (exact) mass is 198 g/mol. The van der Waals surface area contributed by atoms with Crippen molar-refractivity contribution < 1.29 is 4.39 Å². The molecule has 0 unspecified atom stereocenters. The van der Waals surface area contributed by atoms with E-state index < -0.39 is 6.67 Å². The SMILES string of the molecule is O=c1c2sccc2ncn1CCF. The Kier molecular flexibility index (Phi) is 2.10. The first-order chi connectivity index (χ1) is 6.33. The van der Waals surface area contributed by atoms with Gasteiger partial charge in [0.25, 0.3) is 5.56 Å². The maximum atomic E-state index is 12.0. The Morgan fingerprint density at radius 3 is 3.23 bits per heavy atom. The molecule has 0 aromatic carbocycles. The molecule has 0 atom stereocenters. The highest BCUT2D eigenvalue weighted by atomic mass is 32.1. The van der Waals surface area contributed by atoms with E-state index in [1.807, 2.05) is 0 Å². The van der Waals surface area contributed by atoms with Crippen LogP contribution in [0.5, 0.6) is 0 Å². The number of thiophene rings is 1. The van der Waals surface area contributed by atoms with Crippen molar-refractivity contribution in [1.82, 2.24) is 9.55 Å². The van der Waals surface area contributed by atoms with Crippen LogP contribution in [0.15, 0.2) is 22.6 Å². The van der Waals surface area contributed by atoms with Crippen LogP contribution in [-0.4, -0.2) is 16.2 Å². The van der Waals surface area contributed by atoms with Crippen LogP contribution in [0.3, 0.4) is 0 Å². The number of hydrogen-bond acceptors (Lipinski definition) is 3. The highest BCUT2D eigenvalue weighted by Crippen LogP contribution is 2.12. The lowest BCUT2D eigenvalue weighted by Crippen LogP contribution is -2.20. The van der Waals surface area contributed by atoms with Crippen LogP contribution in [0.1, 0.15) is 0 Å². The Bertz CT molecular complexity index is 476. The van der Waals surface area contributed by atoms with Crippen LogP contribution in [0.2, 0.25) is 0 Å². The van der Waals surface area contributed by atoms with Gasteiger partial charge >= 0.3 is 0 Å². The number of rotatable bonds is 2. The van der Waals surface area contributed by atoms with Crippen molar-refractivity contribution in [1.29, 1.82) is 0 Å². The summed E-state index contributed by atoms with van der Waals surface area (Å²) in [5, 5.41) is 1.80. The van der Waals surface area contributed by atoms with E-state index in [2.05, 4.69) is 4.98 Å². The maximum Gasteiger partial charge on any atom is 0.271 e. The second kappa shape index (κ2) is 3.26. The summed E-state index contributed by atoms with van der Waals surface area (Å²) in [6.45, 7) is -0.460. The molecule has 5 heteroatoms. The zero-order valence-electron chi connectivity index (χ0n) is 6.74. The summed E-state index contributed by atoms with van der Waals surface area (Å²) in [5.74, 6) is 0. The van der Waals surface area contributed by atoms with Gasteiger partial charge in [-0.05, 0) is 11.4 Å². The largest absolute Gasteiger partial charge is 0.295 e. The van der Waals surface area contributed by atoms with Gasteiger partial charge in [-0.3, -0.25) is 9.36 Å². The molecule has 0 amide bonds. The van der Waals surface area contributed by atoms with Crippen LogP contribution in [0, 0.1) is 0 Å². The summed E-state index contributed by atoms with van der Waals surface area (Å²) in [5.41, 5.74) is 0.530. The van der Waals surface area contributed by atoms with E-state index in [4.69, 9.17) is 0 Å². The molecular weight excluding hydrogens is 191 g/mol. The molecule has 0 saturated heterocycles. The van der Waals surface area contributed by atoms with Gasteiger partial charge in [-0.2, -0.15) is 0 Å². The van der Waals surface area contributed by atoms with Gasteiger partial charge < -0.3 is 0 Å². The summed E-state index contributed by atoms with van der Waals surface area (Å²) < 4.78 is 13.9. The number of halogens is 1. The molecule has 0 aliphatic heterocycles. The zero-order valence-corrected chi connectivity index (χ0v) is 7.55. The van der Waals surface area contributed by atoms with Crippen molar-refractivity contribution in [2.24, 2.45) is 0 Å². The van der Waals surface area contributed by atoms with Crippen molar-refractivity contribution in [2.75, 3.05) is 6.67 Å². The van der Waals surface area contributed by atoms with Gasteiger partial charge in [0.05, 0.1) is 18.4 Å². The zero-order chi connectivity index (χ0) is 9.26. The summed E-state index contributed by atoms with van der Waals surface area (Å²) in [7, 11) is 0. The quantitative estimate of drug-likeness (QED) is 0.731. The predicted octanol–water partition coefficient (Wildman–Crippen LogP) is 1.43. The Hall–Kier alpha value is -1.23. The van der Waals surface area contributed by atoms with Gasteiger partial charge in [-0.1, -0.05) is 0 Å². The lowest BCUT2D eigenvalue weighted by molar-refractivity contribution is 0.439. The molecule has 2 aromatic rings. The first-order valence-electron chi connectivity index (χ1n) is 3.81. The molecule has 0 aliphatic carbocycles. The highest BCUT2D eigenvalue weighted by molar-refractivity contribution is 7.17. The molecule has 0 saturated carbocycles. The van der Waals surface area contributed by atoms with E-state index in [0.717, 1.165) is 0 Å². The predicted molar refractivity (Wildman–Crippen MR) is 49.9 cm³/mol.